The number of likely N-dealkylation sites (N-methyl/N-ethyl adjacent to an activating group) is 1. The van der Waals surface area contributed by atoms with E-state index in [0.717, 1.165) is 45.0 Å². The highest BCUT2D eigenvalue weighted by Gasteiger charge is 2.20. The lowest BCUT2D eigenvalue weighted by molar-refractivity contribution is 0.140. The molecule has 0 atom stereocenters. The Bertz CT molecular complexity index is 487. The van der Waals surface area contributed by atoms with Gasteiger partial charge in [-0.25, -0.2) is 4.79 Å². The monoisotopic (exact) mass is 304 g/mol. The number of amides is 2. The Hall–Kier alpha value is -1.59. The summed E-state index contributed by atoms with van der Waals surface area (Å²) < 4.78 is 0. The first-order valence-electron chi connectivity index (χ1n) is 7.95. The van der Waals surface area contributed by atoms with Crippen LogP contribution in [0.4, 0.5) is 10.5 Å². The van der Waals surface area contributed by atoms with Crippen LogP contribution in [0.1, 0.15) is 11.1 Å². The van der Waals surface area contributed by atoms with Crippen LogP contribution in [-0.2, 0) is 0 Å². The van der Waals surface area contributed by atoms with Crippen molar-refractivity contribution < 1.29 is 4.79 Å². The highest BCUT2D eigenvalue weighted by molar-refractivity contribution is 5.89. The zero-order valence-corrected chi connectivity index (χ0v) is 14.2. The predicted molar refractivity (Wildman–Crippen MR) is 91.5 cm³/mol. The van der Waals surface area contributed by atoms with Crippen LogP contribution < -0.4 is 5.32 Å². The fourth-order valence-electron chi connectivity index (χ4n) is 2.77. The molecule has 2 rings (SSSR count). The molecule has 1 N–H and O–H groups in total. The number of nitrogens with one attached hydrogen (secondary N) is 1. The van der Waals surface area contributed by atoms with E-state index in [4.69, 9.17) is 0 Å². The number of nitrogens with zero attached hydrogens (tertiary/aromatic N) is 3. The molecule has 0 radical (unpaired) electrons. The fourth-order valence-corrected chi connectivity index (χ4v) is 2.77. The first-order valence-corrected chi connectivity index (χ1v) is 7.95. The summed E-state index contributed by atoms with van der Waals surface area (Å²) in [6.45, 7) is 9.73. The van der Waals surface area contributed by atoms with Crippen molar-refractivity contribution in [2.45, 2.75) is 13.8 Å². The normalized spacial score (nSPS) is 16.1. The summed E-state index contributed by atoms with van der Waals surface area (Å²) in [5.74, 6) is 0. The molecular weight excluding hydrogens is 276 g/mol. The van der Waals surface area contributed by atoms with E-state index in [0.29, 0.717) is 0 Å². The molecule has 1 aromatic carbocycles. The molecule has 0 aliphatic carbocycles. The molecule has 2 amide bonds. The SMILES string of the molecule is Cc1cc(C)cc(NC(=O)N2CCN(CCN(C)C)CC2)c1. The number of hydrogen-bond acceptors (Lipinski definition) is 3. The molecular formula is C17H28N4O. The van der Waals surface area contributed by atoms with E-state index in [-0.39, 0.29) is 6.03 Å². The second-order valence-corrected chi connectivity index (χ2v) is 6.44. The van der Waals surface area contributed by atoms with Crippen LogP contribution in [0.15, 0.2) is 18.2 Å². The average molecular weight is 304 g/mol. The van der Waals surface area contributed by atoms with Gasteiger partial charge in [0.15, 0.2) is 0 Å². The molecule has 1 heterocycles. The lowest BCUT2D eigenvalue weighted by Gasteiger charge is -2.35. The Morgan fingerprint density at radius 3 is 2.23 bits per heavy atom. The summed E-state index contributed by atoms with van der Waals surface area (Å²) >= 11 is 0. The molecule has 5 nitrogen and oxygen atoms in total. The van der Waals surface area contributed by atoms with Gasteiger partial charge in [-0.2, -0.15) is 0 Å². The predicted octanol–water partition coefficient (Wildman–Crippen LogP) is 2.01. The van der Waals surface area contributed by atoms with Gasteiger partial charge in [0.05, 0.1) is 0 Å². The molecule has 1 aliphatic heterocycles. The van der Waals surface area contributed by atoms with Crippen LogP contribution in [0, 0.1) is 13.8 Å². The highest BCUT2D eigenvalue weighted by atomic mass is 16.2. The third-order valence-electron chi connectivity index (χ3n) is 4.00. The molecule has 1 aliphatic rings. The quantitative estimate of drug-likeness (QED) is 0.925. The first kappa shape index (κ1) is 16.8. The number of anilines is 1. The molecule has 0 aromatic heterocycles. The molecule has 0 bridgehead atoms. The maximum Gasteiger partial charge on any atom is 0.321 e. The molecule has 22 heavy (non-hydrogen) atoms. The summed E-state index contributed by atoms with van der Waals surface area (Å²) in [6.07, 6.45) is 0. The minimum Gasteiger partial charge on any atom is -0.322 e. The number of carbonyl (C=O) groups excluding carboxylic acids is 1. The van der Waals surface area contributed by atoms with E-state index in [1.54, 1.807) is 0 Å². The molecule has 0 spiro atoms. The van der Waals surface area contributed by atoms with Gasteiger partial charge >= 0.3 is 6.03 Å². The summed E-state index contributed by atoms with van der Waals surface area (Å²) in [5.41, 5.74) is 3.23. The van der Waals surface area contributed by atoms with Crippen molar-refractivity contribution in [3.05, 3.63) is 29.3 Å². The lowest BCUT2D eigenvalue weighted by atomic mass is 10.1. The molecule has 1 aromatic rings. The van der Waals surface area contributed by atoms with Crippen LogP contribution >= 0.6 is 0 Å². The van der Waals surface area contributed by atoms with E-state index >= 15 is 0 Å². The van der Waals surface area contributed by atoms with E-state index in [1.165, 1.54) is 11.1 Å². The molecule has 122 valence electrons. The van der Waals surface area contributed by atoms with Gasteiger partial charge in [0, 0.05) is 45.0 Å². The Kier molecular flexibility index (Phi) is 5.80. The molecule has 0 saturated carbocycles. The minimum atomic E-state index is 0.0114. The molecule has 0 unspecified atom stereocenters. The summed E-state index contributed by atoms with van der Waals surface area (Å²) in [6, 6.07) is 6.15. The van der Waals surface area contributed by atoms with Gasteiger partial charge < -0.3 is 15.1 Å². The number of rotatable bonds is 4. The van der Waals surface area contributed by atoms with Crippen LogP contribution in [-0.4, -0.2) is 74.1 Å². The van der Waals surface area contributed by atoms with Crippen LogP contribution in [0.3, 0.4) is 0 Å². The van der Waals surface area contributed by atoms with Crippen LogP contribution in [0.5, 0.6) is 0 Å². The number of urea groups is 1. The first-order chi connectivity index (χ1) is 10.4. The fraction of sp³-hybridized carbons (Fsp3) is 0.588. The number of aryl methyl sites for hydroxylation is 2. The van der Waals surface area contributed by atoms with Crippen molar-refractivity contribution in [2.24, 2.45) is 0 Å². The Morgan fingerprint density at radius 2 is 1.68 bits per heavy atom. The third kappa shape index (κ3) is 5.00. The van der Waals surface area contributed by atoms with Crippen molar-refractivity contribution in [1.82, 2.24) is 14.7 Å². The molecule has 1 saturated heterocycles. The second-order valence-electron chi connectivity index (χ2n) is 6.44. The van der Waals surface area contributed by atoms with Gasteiger partial charge in [0.1, 0.15) is 0 Å². The van der Waals surface area contributed by atoms with Crippen molar-refractivity contribution >= 4 is 11.7 Å². The minimum absolute atomic E-state index is 0.0114. The Labute approximate surface area is 133 Å². The number of hydrogen-bond donors (Lipinski definition) is 1. The van der Waals surface area contributed by atoms with Crippen LogP contribution in [0.25, 0.3) is 0 Å². The molecule has 5 heteroatoms. The van der Waals surface area contributed by atoms with E-state index in [2.05, 4.69) is 35.3 Å². The number of carbonyl (C=O) groups is 1. The van der Waals surface area contributed by atoms with Gasteiger partial charge in [-0.3, -0.25) is 4.90 Å². The maximum atomic E-state index is 12.4. The van der Waals surface area contributed by atoms with E-state index < -0.39 is 0 Å². The van der Waals surface area contributed by atoms with Gasteiger partial charge in [0.25, 0.3) is 0 Å². The zero-order valence-electron chi connectivity index (χ0n) is 14.2. The highest BCUT2D eigenvalue weighted by Crippen LogP contribution is 2.15. The Morgan fingerprint density at radius 1 is 1.09 bits per heavy atom. The standard InChI is InChI=1S/C17H28N4O/c1-14-11-15(2)13-16(12-14)18-17(22)21-9-7-20(8-10-21)6-5-19(3)4/h11-13H,5-10H2,1-4H3,(H,18,22). The maximum absolute atomic E-state index is 12.4. The average Bonchev–Trinajstić information content (AvgIpc) is 2.44. The Balaban J connectivity index is 1.82. The smallest absolute Gasteiger partial charge is 0.321 e. The van der Waals surface area contributed by atoms with Gasteiger partial charge in [-0.05, 0) is 51.2 Å². The topological polar surface area (TPSA) is 38.8 Å². The zero-order chi connectivity index (χ0) is 16.1. The largest absolute Gasteiger partial charge is 0.322 e. The van der Waals surface area contributed by atoms with Crippen molar-refractivity contribution in [3.63, 3.8) is 0 Å². The van der Waals surface area contributed by atoms with Gasteiger partial charge in [-0.1, -0.05) is 6.07 Å². The van der Waals surface area contributed by atoms with E-state index in [9.17, 15) is 4.79 Å². The summed E-state index contributed by atoms with van der Waals surface area (Å²) in [4.78, 5) is 18.9. The van der Waals surface area contributed by atoms with E-state index in [1.807, 2.05) is 30.9 Å². The number of piperazine rings is 1. The van der Waals surface area contributed by atoms with Gasteiger partial charge in [0.2, 0.25) is 0 Å². The summed E-state index contributed by atoms with van der Waals surface area (Å²) in [7, 11) is 4.18. The van der Waals surface area contributed by atoms with Crippen molar-refractivity contribution in [3.8, 4) is 0 Å². The van der Waals surface area contributed by atoms with Crippen molar-refractivity contribution in [2.75, 3.05) is 58.7 Å². The second kappa shape index (κ2) is 7.61. The summed E-state index contributed by atoms with van der Waals surface area (Å²) in [5, 5.41) is 3.02. The van der Waals surface area contributed by atoms with Crippen LogP contribution in [0.2, 0.25) is 0 Å². The lowest BCUT2D eigenvalue weighted by Crippen LogP contribution is -2.51. The third-order valence-corrected chi connectivity index (χ3v) is 4.00. The van der Waals surface area contributed by atoms with Crippen molar-refractivity contribution in [1.29, 1.82) is 0 Å². The number of benzene rings is 1. The molecule has 1 fully saturated rings. The van der Waals surface area contributed by atoms with Gasteiger partial charge in [-0.15, -0.1) is 0 Å².